The lowest BCUT2D eigenvalue weighted by molar-refractivity contribution is 0.627. The molecule has 0 saturated heterocycles. The number of nitrogens with two attached hydrogens (primary N) is 1. The molecule has 2 aromatic heterocycles. The molecule has 0 spiro atoms. The van der Waals surface area contributed by atoms with Gasteiger partial charge in [-0.25, -0.2) is 14.4 Å². The molecule has 0 saturated carbocycles. The Hall–Kier alpha value is -2.31. The molecule has 0 unspecified atom stereocenters. The summed E-state index contributed by atoms with van der Waals surface area (Å²) in [5.74, 6) is -0.0415. The minimum Gasteiger partial charge on any atom is -0.384 e. The number of nitrogen functional groups attached to an aromatic ring is 1. The van der Waals surface area contributed by atoms with Crippen molar-refractivity contribution in [2.75, 3.05) is 10.5 Å². The first kappa shape index (κ1) is 17.5. The zero-order valence-electron chi connectivity index (χ0n) is 13.7. The minimum absolute atomic E-state index is 0.0938. The van der Waals surface area contributed by atoms with E-state index in [0.29, 0.717) is 16.5 Å². The van der Waals surface area contributed by atoms with Crippen molar-refractivity contribution in [1.82, 2.24) is 9.97 Å². The van der Waals surface area contributed by atoms with Crippen LogP contribution in [0.3, 0.4) is 0 Å². The molecule has 0 aliphatic heterocycles. The van der Waals surface area contributed by atoms with Gasteiger partial charge in [0.1, 0.15) is 10.8 Å². The molecule has 1 aromatic carbocycles. The highest BCUT2D eigenvalue weighted by atomic mass is 35.5. The highest BCUT2D eigenvalue weighted by Gasteiger charge is 2.16. The first-order valence-corrected chi connectivity index (χ1v) is 8.73. The van der Waals surface area contributed by atoms with Gasteiger partial charge in [-0.05, 0) is 43.2 Å². The molecule has 0 bridgehead atoms. The second kappa shape index (κ2) is 7.29. The summed E-state index contributed by atoms with van der Waals surface area (Å²) in [4.78, 5) is 8.55. The molecule has 128 valence electrons. The molecule has 0 aliphatic rings. The van der Waals surface area contributed by atoms with E-state index in [1.165, 1.54) is 6.07 Å². The first-order chi connectivity index (χ1) is 12.0. The van der Waals surface area contributed by atoms with Crippen LogP contribution in [0.1, 0.15) is 11.1 Å². The van der Waals surface area contributed by atoms with Crippen LogP contribution >= 0.6 is 23.5 Å². The van der Waals surface area contributed by atoms with E-state index in [4.69, 9.17) is 17.3 Å². The van der Waals surface area contributed by atoms with Crippen molar-refractivity contribution in [2.24, 2.45) is 0 Å². The number of hydrogen-bond donors (Lipinski definition) is 2. The summed E-state index contributed by atoms with van der Waals surface area (Å²) < 4.78 is 17.1. The molecule has 0 fully saturated rings. The Morgan fingerprint density at radius 1 is 1.08 bits per heavy atom. The molecule has 0 radical (unpaired) electrons. The molecule has 3 N–H and O–H groups in total. The fraction of sp³-hybridized carbons (Fsp3) is 0.111. The van der Waals surface area contributed by atoms with E-state index in [-0.39, 0.29) is 10.8 Å². The number of halogens is 2. The molecule has 0 atom stereocenters. The Labute approximate surface area is 154 Å². The topological polar surface area (TPSA) is 63.8 Å². The fourth-order valence-corrected chi connectivity index (χ4v) is 3.36. The third kappa shape index (κ3) is 3.86. The third-order valence-corrected chi connectivity index (χ3v) is 4.66. The SMILES string of the molecule is Cc1cccc(C)c1-c1nc(NSc2cccc(N)n2)c(F)cc1Cl. The highest BCUT2D eigenvalue weighted by molar-refractivity contribution is 8.00. The summed E-state index contributed by atoms with van der Waals surface area (Å²) in [5, 5.41) is 0.886. The van der Waals surface area contributed by atoms with E-state index in [0.717, 1.165) is 28.6 Å². The Morgan fingerprint density at radius 2 is 1.76 bits per heavy atom. The number of aryl methyl sites for hydroxylation is 2. The van der Waals surface area contributed by atoms with Crippen LogP contribution in [0.5, 0.6) is 0 Å². The van der Waals surface area contributed by atoms with E-state index in [1.807, 2.05) is 32.0 Å². The minimum atomic E-state index is -0.531. The van der Waals surface area contributed by atoms with Crippen molar-refractivity contribution >= 4 is 35.2 Å². The van der Waals surface area contributed by atoms with Gasteiger partial charge in [0.2, 0.25) is 0 Å². The molecule has 3 aromatic rings. The zero-order valence-corrected chi connectivity index (χ0v) is 15.2. The number of rotatable bonds is 4. The van der Waals surface area contributed by atoms with Gasteiger partial charge in [0.05, 0.1) is 10.7 Å². The Morgan fingerprint density at radius 3 is 2.44 bits per heavy atom. The van der Waals surface area contributed by atoms with Crippen molar-refractivity contribution in [3.63, 3.8) is 0 Å². The lowest BCUT2D eigenvalue weighted by Crippen LogP contribution is -2.00. The van der Waals surface area contributed by atoms with Gasteiger partial charge in [-0.15, -0.1) is 0 Å². The molecule has 4 nitrogen and oxygen atoms in total. The predicted molar refractivity (Wildman–Crippen MR) is 102 cm³/mol. The van der Waals surface area contributed by atoms with Gasteiger partial charge in [-0.2, -0.15) is 0 Å². The lowest BCUT2D eigenvalue weighted by Gasteiger charge is -2.13. The second-order valence-corrected chi connectivity index (χ2v) is 6.75. The van der Waals surface area contributed by atoms with E-state index in [2.05, 4.69) is 14.7 Å². The number of benzene rings is 1. The van der Waals surface area contributed by atoms with E-state index < -0.39 is 5.82 Å². The first-order valence-electron chi connectivity index (χ1n) is 7.53. The Bertz CT molecular complexity index is 913. The molecule has 3 rings (SSSR count). The van der Waals surface area contributed by atoms with E-state index in [9.17, 15) is 4.39 Å². The predicted octanol–water partition coefficient (Wildman–Crippen LogP) is 5.25. The average molecular weight is 375 g/mol. The summed E-state index contributed by atoms with van der Waals surface area (Å²) in [5.41, 5.74) is 9.15. The smallest absolute Gasteiger partial charge is 0.173 e. The van der Waals surface area contributed by atoms with Gasteiger partial charge in [-0.1, -0.05) is 35.9 Å². The Kier molecular flexibility index (Phi) is 5.11. The van der Waals surface area contributed by atoms with Crippen molar-refractivity contribution in [3.05, 3.63) is 64.4 Å². The lowest BCUT2D eigenvalue weighted by atomic mass is 9.99. The summed E-state index contributed by atoms with van der Waals surface area (Å²) in [6.45, 7) is 3.95. The van der Waals surface area contributed by atoms with Crippen LogP contribution in [0, 0.1) is 19.7 Å². The summed E-state index contributed by atoms with van der Waals surface area (Å²) in [6, 6.07) is 12.4. The molecular formula is C18H16ClFN4S. The maximum Gasteiger partial charge on any atom is 0.173 e. The monoisotopic (exact) mass is 374 g/mol. The summed E-state index contributed by atoms with van der Waals surface area (Å²) in [6.07, 6.45) is 0. The number of aromatic nitrogens is 2. The van der Waals surface area contributed by atoms with Gasteiger partial charge in [0.25, 0.3) is 0 Å². The summed E-state index contributed by atoms with van der Waals surface area (Å²) in [7, 11) is 0. The van der Waals surface area contributed by atoms with Crippen molar-refractivity contribution < 1.29 is 4.39 Å². The van der Waals surface area contributed by atoms with Crippen LogP contribution in [0.4, 0.5) is 16.0 Å². The number of hydrogen-bond acceptors (Lipinski definition) is 5. The maximum absolute atomic E-state index is 14.3. The molecule has 2 heterocycles. The van der Waals surface area contributed by atoms with Gasteiger partial charge in [0.15, 0.2) is 11.6 Å². The number of nitrogens with zero attached hydrogens (tertiary/aromatic N) is 2. The molecule has 0 aliphatic carbocycles. The standard InChI is InChI=1S/C18H16ClFN4S/c1-10-5-3-6-11(2)16(10)17-12(19)9-13(20)18(23-17)24-25-15-8-4-7-14(21)22-15/h3-9H,1-2H3,(H2,21,22)(H,23,24). The molecular weight excluding hydrogens is 359 g/mol. The molecule has 25 heavy (non-hydrogen) atoms. The largest absolute Gasteiger partial charge is 0.384 e. The van der Waals surface area contributed by atoms with E-state index in [1.54, 1.807) is 18.2 Å². The van der Waals surface area contributed by atoms with Crippen LogP contribution in [-0.2, 0) is 0 Å². The van der Waals surface area contributed by atoms with Crippen LogP contribution in [-0.4, -0.2) is 9.97 Å². The van der Waals surface area contributed by atoms with Gasteiger partial charge >= 0.3 is 0 Å². The van der Waals surface area contributed by atoms with Crippen LogP contribution in [0.2, 0.25) is 5.02 Å². The van der Waals surface area contributed by atoms with Crippen molar-refractivity contribution in [3.8, 4) is 11.3 Å². The maximum atomic E-state index is 14.3. The quantitative estimate of drug-likeness (QED) is 0.610. The third-order valence-electron chi connectivity index (χ3n) is 3.64. The number of anilines is 2. The second-order valence-electron chi connectivity index (χ2n) is 5.52. The van der Waals surface area contributed by atoms with Gasteiger partial charge < -0.3 is 10.5 Å². The van der Waals surface area contributed by atoms with Gasteiger partial charge in [-0.3, -0.25) is 0 Å². The molecule has 7 heteroatoms. The fourth-order valence-electron chi connectivity index (χ4n) is 2.49. The number of nitrogens with one attached hydrogen (secondary N) is 1. The normalized spacial score (nSPS) is 10.7. The average Bonchev–Trinajstić information content (AvgIpc) is 2.55. The van der Waals surface area contributed by atoms with Gasteiger partial charge in [0, 0.05) is 17.5 Å². The zero-order chi connectivity index (χ0) is 18.0. The van der Waals surface area contributed by atoms with Crippen LogP contribution in [0.25, 0.3) is 11.3 Å². The van der Waals surface area contributed by atoms with Crippen molar-refractivity contribution in [2.45, 2.75) is 18.9 Å². The van der Waals surface area contributed by atoms with E-state index >= 15 is 0 Å². The molecule has 0 amide bonds. The highest BCUT2D eigenvalue weighted by Crippen LogP contribution is 2.34. The van der Waals surface area contributed by atoms with Crippen LogP contribution < -0.4 is 10.5 Å². The Balaban J connectivity index is 1.96. The van der Waals surface area contributed by atoms with Crippen molar-refractivity contribution in [1.29, 1.82) is 0 Å². The summed E-state index contributed by atoms with van der Waals surface area (Å²) >= 11 is 7.39. The van der Waals surface area contributed by atoms with Crippen LogP contribution in [0.15, 0.2) is 47.5 Å². The number of pyridine rings is 2.